The molecule has 0 saturated carbocycles. The summed E-state index contributed by atoms with van der Waals surface area (Å²) >= 11 is 0. The van der Waals surface area contributed by atoms with Crippen molar-refractivity contribution >= 4 is 0 Å². The van der Waals surface area contributed by atoms with Crippen molar-refractivity contribution in [2.45, 2.75) is 24.9 Å². The fraction of sp³-hybridized carbons (Fsp3) is 0.333. The van der Waals surface area contributed by atoms with E-state index in [-0.39, 0.29) is 11.6 Å². The largest absolute Gasteiger partial charge is 0.379 e. The van der Waals surface area contributed by atoms with Crippen LogP contribution >= 0.6 is 0 Å². The smallest absolute Gasteiger partial charge is 0.0646 e. The summed E-state index contributed by atoms with van der Waals surface area (Å²) in [4.78, 5) is 0. The number of hydrogen-bond acceptors (Lipinski definition) is 2. The molecule has 1 aliphatic carbocycles. The van der Waals surface area contributed by atoms with Gasteiger partial charge in [-0.3, -0.25) is 5.32 Å². The van der Waals surface area contributed by atoms with Crippen molar-refractivity contribution in [2.24, 2.45) is 0 Å². The van der Waals surface area contributed by atoms with Crippen molar-refractivity contribution in [3.05, 3.63) is 59.7 Å². The van der Waals surface area contributed by atoms with E-state index in [2.05, 4.69) is 60.8 Å². The number of hydrogen-bond donors (Lipinski definition) is 1. The molecule has 0 spiro atoms. The first kappa shape index (κ1) is 12.1. The average Bonchev–Trinajstić information content (AvgIpc) is 3.04. The molecule has 0 aromatic heterocycles. The minimum Gasteiger partial charge on any atom is -0.379 e. The van der Waals surface area contributed by atoms with E-state index in [4.69, 9.17) is 4.74 Å². The van der Waals surface area contributed by atoms with E-state index in [1.54, 1.807) is 0 Å². The van der Waals surface area contributed by atoms with Crippen molar-refractivity contribution in [2.75, 3.05) is 13.2 Å². The van der Waals surface area contributed by atoms with Gasteiger partial charge in [0, 0.05) is 12.1 Å². The predicted octanol–water partition coefficient (Wildman–Crippen LogP) is 3.53. The molecule has 2 aromatic carbocycles. The highest BCUT2D eigenvalue weighted by Gasteiger charge is 2.36. The van der Waals surface area contributed by atoms with Crippen LogP contribution in [0.5, 0.6) is 0 Å². The van der Waals surface area contributed by atoms with Gasteiger partial charge in [-0.15, -0.1) is 0 Å². The predicted molar refractivity (Wildman–Crippen MR) is 80.7 cm³/mol. The van der Waals surface area contributed by atoms with Gasteiger partial charge in [-0.25, -0.2) is 0 Å². The van der Waals surface area contributed by atoms with E-state index in [1.807, 2.05) is 0 Å². The first-order chi connectivity index (χ1) is 9.77. The van der Waals surface area contributed by atoms with Crippen LogP contribution in [0.1, 0.15) is 30.5 Å². The number of fused-ring (bicyclic) bond motifs is 3. The van der Waals surface area contributed by atoms with Gasteiger partial charge in [-0.05, 0) is 35.6 Å². The number of ether oxygens (including phenoxy) is 1. The lowest BCUT2D eigenvalue weighted by atomic mass is 9.96. The Kier molecular flexibility index (Phi) is 2.69. The zero-order valence-electron chi connectivity index (χ0n) is 11.7. The van der Waals surface area contributed by atoms with Crippen molar-refractivity contribution in [1.82, 2.24) is 5.32 Å². The summed E-state index contributed by atoms with van der Waals surface area (Å²) in [5, 5.41) is 3.84. The molecule has 2 heteroatoms. The van der Waals surface area contributed by atoms with Crippen LogP contribution in [0, 0.1) is 0 Å². The zero-order valence-corrected chi connectivity index (χ0v) is 11.7. The van der Waals surface area contributed by atoms with Gasteiger partial charge in [0.2, 0.25) is 0 Å². The summed E-state index contributed by atoms with van der Waals surface area (Å²) in [7, 11) is 0. The highest BCUT2D eigenvalue weighted by atomic mass is 16.5. The lowest BCUT2D eigenvalue weighted by Gasteiger charge is -2.29. The fourth-order valence-corrected chi connectivity index (χ4v) is 3.44. The number of nitrogens with one attached hydrogen (secondary N) is 1. The topological polar surface area (TPSA) is 21.3 Å². The molecule has 0 amide bonds. The molecule has 4 rings (SSSR count). The Labute approximate surface area is 119 Å². The number of benzene rings is 2. The second kappa shape index (κ2) is 4.44. The maximum Gasteiger partial charge on any atom is 0.0646 e. The van der Waals surface area contributed by atoms with Crippen LogP contribution in [0.4, 0.5) is 0 Å². The zero-order chi connectivity index (χ0) is 13.6. The monoisotopic (exact) mass is 265 g/mol. The first-order valence-electron chi connectivity index (χ1n) is 7.31. The van der Waals surface area contributed by atoms with Crippen molar-refractivity contribution in [3.63, 3.8) is 0 Å². The molecule has 0 bridgehead atoms. The van der Waals surface area contributed by atoms with E-state index in [0.29, 0.717) is 0 Å². The Hall–Kier alpha value is -1.64. The maximum absolute atomic E-state index is 5.58. The molecule has 0 radical (unpaired) electrons. The molecule has 1 saturated heterocycles. The third-order valence-corrected chi connectivity index (χ3v) is 4.55. The Balaban J connectivity index is 1.79. The molecular weight excluding hydrogens is 246 g/mol. The maximum atomic E-state index is 5.58. The minimum atomic E-state index is 0.0786. The summed E-state index contributed by atoms with van der Waals surface area (Å²) in [6.07, 6.45) is 1.08. The van der Waals surface area contributed by atoms with E-state index in [1.165, 1.54) is 22.3 Å². The average molecular weight is 265 g/mol. The second-order valence-electron chi connectivity index (χ2n) is 6.12. The van der Waals surface area contributed by atoms with Crippen LogP contribution in [0.25, 0.3) is 11.1 Å². The fourth-order valence-electron chi connectivity index (χ4n) is 3.44. The van der Waals surface area contributed by atoms with Crippen LogP contribution in [-0.2, 0) is 4.74 Å². The molecule has 102 valence electrons. The molecule has 1 unspecified atom stereocenters. The van der Waals surface area contributed by atoms with Crippen LogP contribution in [0.2, 0.25) is 0 Å². The van der Waals surface area contributed by atoms with Gasteiger partial charge >= 0.3 is 0 Å². The standard InChI is InChI=1S/C18H19NO/c1-18(10-11-20-12-18)19-17-15-8-4-2-6-13(15)14-7-3-5-9-16(14)17/h2-9,17,19H,10-12H2,1H3. The third kappa shape index (κ3) is 1.80. The summed E-state index contributed by atoms with van der Waals surface area (Å²) in [6.45, 7) is 3.93. The van der Waals surface area contributed by atoms with Gasteiger partial charge in [0.05, 0.1) is 12.6 Å². The van der Waals surface area contributed by atoms with E-state index in [9.17, 15) is 0 Å². The van der Waals surface area contributed by atoms with Crippen LogP contribution < -0.4 is 5.32 Å². The van der Waals surface area contributed by atoms with Gasteiger partial charge in [-0.2, -0.15) is 0 Å². The summed E-state index contributed by atoms with van der Waals surface area (Å²) in [5.74, 6) is 0. The molecule has 2 aliphatic rings. The summed E-state index contributed by atoms with van der Waals surface area (Å²) < 4.78 is 5.58. The van der Waals surface area contributed by atoms with E-state index >= 15 is 0 Å². The molecular formula is C18H19NO. The SMILES string of the molecule is CC1(NC2c3ccccc3-c3ccccc32)CCOC1. The highest BCUT2D eigenvalue weighted by molar-refractivity contribution is 5.78. The molecule has 1 atom stereocenters. The summed E-state index contributed by atoms with van der Waals surface area (Å²) in [6, 6.07) is 17.7. The van der Waals surface area contributed by atoms with Gasteiger partial charge < -0.3 is 4.74 Å². The quantitative estimate of drug-likeness (QED) is 0.897. The van der Waals surface area contributed by atoms with Gasteiger partial charge in [-0.1, -0.05) is 48.5 Å². The Morgan fingerprint density at radius 1 is 1.00 bits per heavy atom. The molecule has 1 aliphatic heterocycles. The Morgan fingerprint density at radius 2 is 1.60 bits per heavy atom. The molecule has 1 fully saturated rings. The van der Waals surface area contributed by atoms with Crippen molar-refractivity contribution in [3.8, 4) is 11.1 Å². The Morgan fingerprint density at radius 3 is 2.15 bits per heavy atom. The van der Waals surface area contributed by atoms with Gasteiger partial charge in [0.25, 0.3) is 0 Å². The summed E-state index contributed by atoms with van der Waals surface area (Å²) in [5.41, 5.74) is 5.59. The molecule has 1 N–H and O–H groups in total. The Bertz CT molecular complexity index is 598. The normalized spacial score (nSPS) is 24.6. The number of rotatable bonds is 2. The third-order valence-electron chi connectivity index (χ3n) is 4.55. The van der Waals surface area contributed by atoms with Crippen LogP contribution in [-0.4, -0.2) is 18.8 Å². The molecule has 20 heavy (non-hydrogen) atoms. The second-order valence-corrected chi connectivity index (χ2v) is 6.12. The molecule has 1 heterocycles. The lowest BCUT2D eigenvalue weighted by molar-refractivity contribution is 0.169. The van der Waals surface area contributed by atoms with Crippen LogP contribution in [0.3, 0.4) is 0 Å². The van der Waals surface area contributed by atoms with Crippen molar-refractivity contribution in [1.29, 1.82) is 0 Å². The van der Waals surface area contributed by atoms with Gasteiger partial charge in [0.15, 0.2) is 0 Å². The molecule has 2 aromatic rings. The van der Waals surface area contributed by atoms with E-state index < -0.39 is 0 Å². The first-order valence-corrected chi connectivity index (χ1v) is 7.31. The van der Waals surface area contributed by atoms with Crippen molar-refractivity contribution < 1.29 is 4.74 Å². The van der Waals surface area contributed by atoms with Crippen LogP contribution in [0.15, 0.2) is 48.5 Å². The minimum absolute atomic E-state index is 0.0786. The lowest BCUT2D eigenvalue weighted by Crippen LogP contribution is -2.44. The molecule has 2 nitrogen and oxygen atoms in total. The van der Waals surface area contributed by atoms with Gasteiger partial charge in [0.1, 0.15) is 0 Å². The highest BCUT2D eigenvalue weighted by Crippen LogP contribution is 2.44. The van der Waals surface area contributed by atoms with E-state index in [0.717, 1.165) is 19.6 Å².